The fourth-order valence-electron chi connectivity index (χ4n) is 1.32. The molecule has 0 aliphatic carbocycles. The number of anilines is 1. The van der Waals surface area contributed by atoms with Crippen LogP contribution in [0.2, 0.25) is 0 Å². The molecule has 0 heterocycles. The first-order valence-electron chi connectivity index (χ1n) is 5.86. The summed E-state index contributed by atoms with van der Waals surface area (Å²) >= 11 is 0. The first kappa shape index (κ1) is 15.1. The van der Waals surface area contributed by atoms with Crippen LogP contribution in [0.3, 0.4) is 0 Å². The molecule has 5 nitrogen and oxygen atoms in total. The van der Waals surface area contributed by atoms with Gasteiger partial charge in [0.15, 0.2) is 5.78 Å². The first-order valence-corrected chi connectivity index (χ1v) is 5.86. The van der Waals surface area contributed by atoms with E-state index in [0.29, 0.717) is 0 Å². The minimum atomic E-state index is -0.681. The van der Waals surface area contributed by atoms with Gasteiger partial charge >= 0.3 is 6.09 Å². The number of rotatable bonds is 5. The van der Waals surface area contributed by atoms with Crippen LogP contribution < -0.4 is 10.5 Å². The van der Waals surface area contributed by atoms with Gasteiger partial charge in [0, 0.05) is 5.69 Å². The molecule has 19 heavy (non-hydrogen) atoms. The number of nitrogens with one attached hydrogen (secondary N) is 2. The zero-order valence-corrected chi connectivity index (χ0v) is 11.3. The van der Waals surface area contributed by atoms with E-state index in [1.807, 2.05) is 43.3 Å². The Hall–Kier alpha value is -1.98. The lowest BCUT2D eigenvalue weighted by atomic mass is 10.00. The molecular formula is C13H17BN2O3. The second-order valence-corrected chi connectivity index (χ2v) is 4.72. The highest BCUT2D eigenvalue weighted by Gasteiger charge is 2.22. The number of carbonyl (C=O) groups excluding carboxylic acids is 2. The van der Waals surface area contributed by atoms with E-state index >= 15 is 0 Å². The van der Waals surface area contributed by atoms with Crippen LogP contribution in [0.25, 0.3) is 0 Å². The molecule has 1 aromatic carbocycles. The van der Waals surface area contributed by atoms with E-state index in [0.717, 1.165) is 11.3 Å². The molecule has 100 valence electrons. The van der Waals surface area contributed by atoms with Crippen LogP contribution in [0.4, 0.5) is 10.5 Å². The number of amides is 1. The van der Waals surface area contributed by atoms with Gasteiger partial charge in [0.1, 0.15) is 6.61 Å². The second-order valence-electron chi connectivity index (χ2n) is 4.72. The van der Waals surface area contributed by atoms with Gasteiger partial charge < -0.3 is 15.3 Å². The highest BCUT2D eigenvalue weighted by atomic mass is 16.5. The van der Waals surface area contributed by atoms with Crippen molar-refractivity contribution in [3.8, 4) is 0 Å². The molecule has 0 spiro atoms. The van der Waals surface area contributed by atoms with Crippen molar-refractivity contribution in [1.82, 2.24) is 5.23 Å². The highest BCUT2D eigenvalue weighted by Crippen LogP contribution is 2.17. The molecule has 1 aromatic rings. The Morgan fingerprint density at radius 1 is 1.26 bits per heavy atom. The number of Topliss-reactive ketones (excluding diaryl/α,β-unsaturated/α-hetero) is 1. The first-order chi connectivity index (χ1) is 8.85. The van der Waals surface area contributed by atoms with Crippen LogP contribution in [0.1, 0.15) is 26.3 Å². The highest BCUT2D eigenvalue weighted by molar-refractivity contribution is 6.12. The van der Waals surface area contributed by atoms with Gasteiger partial charge in [-0.15, -0.1) is 0 Å². The molecule has 1 amide bonds. The van der Waals surface area contributed by atoms with Gasteiger partial charge in [-0.2, -0.15) is 0 Å². The Bertz CT molecular complexity index is 457. The molecule has 0 fully saturated rings. The summed E-state index contributed by atoms with van der Waals surface area (Å²) in [6.45, 7) is 5.32. The summed E-state index contributed by atoms with van der Waals surface area (Å²) in [5.41, 5.74) is 1.04. The maximum Gasteiger partial charge on any atom is 0.394 e. The standard InChI is InChI=1S/C13H17BN2O3/c1-9(17)13(2,3)15-11-6-4-10(5-7-11)8-19-12(18)16-14/h4-7,15H,8H2,1-3H3,(H,16,18). The van der Waals surface area contributed by atoms with Crippen LogP contribution in [0.15, 0.2) is 24.3 Å². The lowest BCUT2D eigenvalue weighted by Gasteiger charge is -2.24. The van der Waals surface area contributed by atoms with Crippen LogP contribution in [-0.4, -0.2) is 25.4 Å². The molecule has 6 heteroatoms. The molecule has 0 bridgehead atoms. The normalized spacial score (nSPS) is 10.7. The van der Waals surface area contributed by atoms with Crippen molar-refractivity contribution in [3.63, 3.8) is 0 Å². The minimum Gasteiger partial charge on any atom is -0.446 e. The number of carbonyl (C=O) groups is 2. The van der Waals surface area contributed by atoms with Crippen LogP contribution in [-0.2, 0) is 16.1 Å². The summed E-state index contributed by atoms with van der Waals surface area (Å²) in [5.74, 6) is 0.0551. The fourth-order valence-corrected chi connectivity index (χ4v) is 1.32. The zero-order valence-electron chi connectivity index (χ0n) is 11.3. The van der Waals surface area contributed by atoms with Crippen LogP contribution >= 0.6 is 0 Å². The van der Waals surface area contributed by atoms with E-state index in [-0.39, 0.29) is 12.4 Å². The lowest BCUT2D eigenvalue weighted by molar-refractivity contribution is -0.120. The maximum atomic E-state index is 11.4. The molecule has 0 saturated heterocycles. The third-order valence-corrected chi connectivity index (χ3v) is 2.78. The van der Waals surface area contributed by atoms with Gasteiger partial charge in [-0.1, -0.05) is 12.1 Å². The summed E-state index contributed by atoms with van der Waals surface area (Å²) in [6.07, 6.45) is -0.681. The van der Waals surface area contributed by atoms with E-state index in [2.05, 4.69) is 5.32 Å². The summed E-state index contributed by atoms with van der Waals surface area (Å²) in [7, 11) is 4.89. The van der Waals surface area contributed by atoms with Gasteiger partial charge in [0.05, 0.1) is 5.54 Å². The summed E-state index contributed by atoms with van der Waals surface area (Å²) < 4.78 is 4.81. The van der Waals surface area contributed by atoms with Gasteiger partial charge in [-0.05, 0) is 38.5 Å². The van der Waals surface area contributed by atoms with Crippen molar-refractivity contribution in [2.24, 2.45) is 0 Å². The Kier molecular flexibility index (Phi) is 4.98. The van der Waals surface area contributed by atoms with E-state index in [4.69, 9.17) is 12.7 Å². The third-order valence-electron chi connectivity index (χ3n) is 2.78. The van der Waals surface area contributed by atoms with E-state index in [1.54, 1.807) is 6.92 Å². The quantitative estimate of drug-likeness (QED) is 0.792. The predicted octanol–water partition coefficient (Wildman–Crippen LogP) is 1.78. The van der Waals surface area contributed by atoms with Crippen molar-refractivity contribution in [3.05, 3.63) is 29.8 Å². The van der Waals surface area contributed by atoms with Gasteiger partial charge in [-0.25, -0.2) is 4.79 Å². The Morgan fingerprint density at radius 2 is 1.84 bits per heavy atom. The van der Waals surface area contributed by atoms with Crippen LogP contribution in [0.5, 0.6) is 0 Å². The second kappa shape index (κ2) is 6.27. The maximum absolute atomic E-state index is 11.4. The number of ether oxygens (including phenoxy) is 1. The number of hydrogen-bond donors (Lipinski definition) is 2. The third kappa shape index (κ3) is 4.65. The van der Waals surface area contributed by atoms with Crippen molar-refractivity contribution in [2.45, 2.75) is 32.9 Å². The number of ketones is 1. The van der Waals surface area contributed by atoms with Crippen molar-refractivity contribution >= 4 is 25.5 Å². The molecule has 0 atom stereocenters. The average Bonchev–Trinajstić information content (AvgIpc) is 2.37. The predicted molar refractivity (Wildman–Crippen MR) is 73.9 cm³/mol. The van der Waals surface area contributed by atoms with Crippen molar-refractivity contribution in [1.29, 1.82) is 0 Å². The van der Waals surface area contributed by atoms with Gasteiger partial charge in [0.2, 0.25) is 7.98 Å². The zero-order chi connectivity index (χ0) is 14.5. The van der Waals surface area contributed by atoms with Crippen molar-refractivity contribution < 1.29 is 14.3 Å². The van der Waals surface area contributed by atoms with Crippen LogP contribution in [0, 0.1) is 0 Å². The summed E-state index contributed by atoms with van der Waals surface area (Å²) in [5, 5.41) is 5.01. The molecule has 0 aromatic heterocycles. The molecular weight excluding hydrogens is 243 g/mol. The van der Waals surface area contributed by atoms with E-state index in [9.17, 15) is 9.59 Å². The SMILES string of the molecule is [B]NC(=O)OCc1ccc(NC(C)(C)C(C)=O)cc1. The molecule has 0 aliphatic heterocycles. The smallest absolute Gasteiger partial charge is 0.394 e. The molecule has 2 N–H and O–H groups in total. The molecule has 0 saturated carbocycles. The van der Waals surface area contributed by atoms with Gasteiger partial charge in [-0.3, -0.25) is 4.79 Å². The fraction of sp³-hybridized carbons (Fsp3) is 0.385. The van der Waals surface area contributed by atoms with Gasteiger partial charge in [0.25, 0.3) is 0 Å². The van der Waals surface area contributed by atoms with Crippen molar-refractivity contribution in [2.75, 3.05) is 5.32 Å². The summed E-state index contributed by atoms with van der Waals surface area (Å²) in [4.78, 5) is 22.2. The number of hydrogen-bond acceptors (Lipinski definition) is 4. The summed E-state index contributed by atoms with van der Waals surface area (Å²) in [6, 6.07) is 7.26. The molecule has 2 radical (unpaired) electrons. The Morgan fingerprint density at radius 3 is 2.32 bits per heavy atom. The average molecular weight is 260 g/mol. The van der Waals surface area contributed by atoms with E-state index < -0.39 is 11.6 Å². The molecule has 0 aliphatic rings. The molecule has 0 unspecified atom stereocenters. The van der Waals surface area contributed by atoms with E-state index in [1.165, 1.54) is 0 Å². The monoisotopic (exact) mass is 260 g/mol. The topological polar surface area (TPSA) is 67.4 Å². The molecule has 1 rings (SSSR count). The minimum absolute atomic E-state index is 0.0551. The Balaban J connectivity index is 2.62. The Labute approximate surface area is 114 Å². The largest absolute Gasteiger partial charge is 0.446 e. The lowest BCUT2D eigenvalue weighted by Crippen LogP contribution is -2.38. The number of benzene rings is 1.